The van der Waals surface area contributed by atoms with Crippen LogP contribution in [0.15, 0.2) is 60.7 Å². The zero-order valence-corrected chi connectivity index (χ0v) is 16.6. The molecule has 0 N–H and O–H groups in total. The monoisotopic (exact) mass is 354 g/mol. The molecule has 1 unspecified atom stereocenters. The van der Waals surface area contributed by atoms with E-state index in [2.05, 4.69) is 93.0 Å². The van der Waals surface area contributed by atoms with Crippen LogP contribution in [0.5, 0.6) is 0 Å². The molecular weight excluding hydrogens is 328 g/mol. The van der Waals surface area contributed by atoms with E-state index in [1.165, 1.54) is 39.0 Å². The number of nitrogens with zero attached hydrogens (tertiary/aromatic N) is 2. The van der Waals surface area contributed by atoms with Crippen molar-refractivity contribution in [1.82, 2.24) is 10.2 Å². The van der Waals surface area contributed by atoms with E-state index < -0.39 is 0 Å². The fourth-order valence-electron chi connectivity index (χ4n) is 4.28. The predicted molar refractivity (Wildman–Crippen MR) is 113 cm³/mol. The second-order valence-corrected chi connectivity index (χ2v) is 7.92. The topological polar surface area (TPSA) is 25.8 Å². The van der Waals surface area contributed by atoms with E-state index >= 15 is 0 Å². The second-order valence-electron chi connectivity index (χ2n) is 7.92. The van der Waals surface area contributed by atoms with Gasteiger partial charge in [-0.25, -0.2) is 0 Å². The van der Waals surface area contributed by atoms with Crippen LogP contribution in [0.1, 0.15) is 55.1 Å². The lowest BCUT2D eigenvalue weighted by atomic mass is 9.76. The summed E-state index contributed by atoms with van der Waals surface area (Å²) in [7, 11) is 0. The number of hydrogen-bond donors (Lipinski definition) is 0. The van der Waals surface area contributed by atoms with Gasteiger partial charge in [0.2, 0.25) is 0 Å². The van der Waals surface area contributed by atoms with Gasteiger partial charge in [0, 0.05) is 17.0 Å². The van der Waals surface area contributed by atoms with Crippen molar-refractivity contribution in [3.63, 3.8) is 0 Å². The SMILES string of the molecule is C=C(C)C1Cc2ccccc2-c2c(C)nnc(C(C)C)c2-c2ccccc21. The molecule has 0 saturated carbocycles. The lowest BCUT2D eigenvalue weighted by Gasteiger charge is -2.29. The van der Waals surface area contributed by atoms with Crippen LogP contribution in [0, 0.1) is 6.92 Å². The van der Waals surface area contributed by atoms with Gasteiger partial charge >= 0.3 is 0 Å². The van der Waals surface area contributed by atoms with Crippen LogP contribution in [0.3, 0.4) is 0 Å². The third-order valence-corrected chi connectivity index (χ3v) is 5.63. The fourth-order valence-corrected chi connectivity index (χ4v) is 4.28. The largest absolute Gasteiger partial charge is 0.155 e. The average Bonchev–Trinajstić information content (AvgIpc) is 2.64. The summed E-state index contributed by atoms with van der Waals surface area (Å²) >= 11 is 0. The average molecular weight is 354 g/mol. The van der Waals surface area contributed by atoms with Gasteiger partial charge in [0.25, 0.3) is 0 Å². The van der Waals surface area contributed by atoms with Crippen LogP contribution in [-0.4, -0.2) is 10.2 Å². The van der Waals surface area contributed by atoms with E-state index in [0.29, 0.717) is 11.8 Å². The molecule has 0 bridgehead atoms. The van der Waals surface area contributed by atoms with Gasteiger partial charge in [-0.05, 0) is 48.4 Å². The van der Waals surface area contributed by atoms with Gasteiger partial charge < -0.3 is 0 Å². The molecule has 4 rings (SSSR count). The quantitative estimate of drug-likeness (QED) is 0.494. The summed E-state index contributed by atoms with van der Waals surface area (Å²) in [6.07, 6.45) is 0.959. The summed E-state index contributed by atoms with van der Waals surface area (Å²) in [5, 5.41) is 9.18. The van der Waals surface area contributed by atoms with Gasteiger partial charge in [0.15, 0.2) is 0 Å². The molecule has 1 atom stereocenters. The van der Waals surface area contributed by atoms with Crippen LogP contribution in [-0.2, 0) is 6.42 Å². The van der Waals surface area contributed by atoms with E-state index in [4.69, 9.17) is 0 Å². The van der Waals surface area contributed by atoms with Gasteiger partial charge in [-0.15, -0.1) is 0 Å². The van der Waals surface area contributed by atoms with Crippen LogP contribution in [0.25, 0.3) is 22.3 Å². The van der Waals surface area contributed by atoms with E-state index in [-0.39, 0.29) is 0 Å². The Morgan fingerprint density at radius 1 is 0.963 bits per heavy atom. The Morgan fingerprint density at radius 2 is 1.63 bits per heavy atom. The molecule has 0 saturated heterocycles. The van der Waals surface area contributed by atoms with Crippen molar-refractivity contribution in [2.75, 3.05) is 0 Å². The normalized spacial score (nSPS) is 15.4. The summed E-state index contributed by atoms with van der Waals surface area (Å²) in [5.41, 5.74) is 11.0. The van der Waals surface area contributed by atoms with Crippen molar-refractivity contribution in [2.45, 2.75) is 46.0 Å². The summed E-state index contributed by atoms with van der Waals surface area (Å²) in [5.74, 6) is 0.596. The molecule has 27 heavy (non-hydrogen) atoms. The lowest BCUT2D eigenvalue weighted by molar-refractivity contribution is 0.768. The number of benzene rings is 2. The highest BCUT2D eigenvalue weighted by Crippen LogP contribution is 2.46. The smallest absolute Gasteiger partial charge is 0.0741 e. The first-order valence-corrected chi connectivity index (χ1v) is 9.69. The second kappa shape index (κ2) is 6.77. The Balaban J connectivity index is 2.19. The first kappa shape index (κ1) is 17.7. The molecule has 1 aliphatic carbocycles. The van der Waals surface area contributed by atoms with E-state index in [9.17, 15) is 0 Å². The maximum atomic E-state index is 4.63. The van der Waals surface area contributed by atoms with Crippen LogP contribution in [0.4, 0.5) is 0 Å². The van der Waals surface area contributed by atoms with Gasteiger partial charge in [-0.1, -0.05) is 74.5 Å². The van der Waals surface area contributed by atoms with Crippen LogP contribution in [0.2, 0.25) is 0 Å². The Morgan fingerprint density at radius 3 is 2.33 bits per heavy atom. The molecular formula is C25H26N2. The minimum Gasteiger partial charge on any atom is -0.155 e. The number of rotatable bonds is 2. The molecule has 0 radical (unpaired) electrons. The molecule has 2 aromatic carbocycles. The van der Waals surface area contributed by atoms with Gasteiger partial charge in [0.05, 0.1) is 11.4 Å². The molecule has 3 aromatic rings. The van der Waals surface area contributed by atoms with Crippen molar-refractivity contribution >= 4 is 0 Å². The summed E-state index contributed by atoms with van der Waals surface area (Å²) in [6, 6.07) is 17.5. The Labute approximate surface area is 162 Å². The Hall–Kier alpha value is -2.74. The number of aryl methyl sites for hydroxylation is 1. The van der Waals surface area contributed by atoms with Gasteiger partial charge in [0.1, 0.15) is 0 Å². The zero-order valence-electron chi connectivity index (χ0n) is 16.6. The summed E-state index contributed by atoms with van der Waals surface area (Å²) in [6.45, 7) is 12.9. The predicted octanol–water partition coefficient (Wildman–Crippen LogP) is 6.46. The van der Waals surface area contributed by atoms with E-state index in [1.807, 2.05) is 0 Å². The maximum Gasteiger partial charge on any atom is 0.0741 e. The first-order valence-electron chi connectivity index (χ1n) is 9.69. The number of allylic oxidation sites excluding steroid dienone is 1. The molecule has 0 amide bonds. The van der Waals surface area contributed by atoms with Gasteiger partial charge in [-0.3, -0.25) is 0 Å². The number of fused-ring (bicyclic) bond motifs is 5. The Bertz CT molecular complexity index is 1030. The highest BCUT2D eigenvalue weighted by atomic mass is 15.1. The van der Waals surface area contributed by atoms with Gasteiger partial charge in [-0.2, -0.15) is 10.2 Å². The maximum absolute atomic E-state index is 4.63. The van der Waals surface area contributed by atoms with E-state index in [0.717, 1.165) is 17.8 Å². The molecule has 136 valence electrons. The minimum absolute atomic E-state index is 0.295. The van der Waals surface area contributed by atoms with Crippen LogP contribution < -0.4 is 0 Å². The molecule has 0 fully saturated rings. The lowest BCUT2D eigenvalue weighted by Crippen LogP contribution is -2.13. The first-order chi connectivity index (χ1) is 13.0. The Kier molecular flexibility index (Phi) is 4.43. The van der Waals surface area contributed by atoms with Crippen molar-refractivity contribution in [2.24, 2.45) is 0 Å². The summed E-state index contributed by atoms with van der Waals surface area (Å²) in [4.78, 5) is 0. The number of hydrogen-bond acceptors (Lipinski definition) is 2. The van der Waals surface area contributed by atoms with Crippen molar-refractivity contribution in [3.05, 3.63) is 83.2 Å². The highest BCUT2D eigenvalue weighted by Gasteiger charge is 2.28. The molecule has 1 aromatic heterocycles. The third-order valence-electron chi connectivity index (χ3n) is 5.63. The minimum atomic E-state index is 0.295. The zero-order chi connectivity index (χ0) is 19.1. The molecule has 1 heterocycles. The fraction of sp³-hybridized carbons (Fsp3) is 0.280. The molecule has 2 nitrogen and oxygen atoms in total. The summed E-state index contributed by atoms with van der Waals surface area (Å²) < 4.78 is 0. The molecule has 0 aliphatic heterocycles. The van der Waals surface area contributed by atoms with Crippen LogP contribution >= 0.6 is 0 Å². The van der Waals surface area contributed by atoms with Crippen molar-refractivity contribution in [1.29, 1.82) is 0 Å². The number of aromatic nitrogens is 2. The van der Waals surface area contributed by atoms with Crippen molar-refractivity contribution in [3.8, 4) is 22.3 Å². The third kappa shape index (κ3) is 2.90. The molecule has 0 spiro atoms. The van der Waals surface area contributed by atoms with Crippen molar-refractivity contribution < 1.29 is 0 Å². The molecule has 1 aliphatic rings. The van der Waals surface area contributed by atoms with E-state index in [1.54, 1.807) is 0 Å². The molecule has 2 heteroatoms. The highest BCUT2D eigenvalue weighted by molar-refractivity contribution is 5.90. The standard InChI is InChI=1S/C25H26N2/c1-15(2)22-14-18-10-6-7-11-19(18)23-17(5)26-27-25(16(3)4)24(23)21-13-9-8-12-20(21)22/h6-13,16,22H,1,14H2,2-5H3.